The van der Waals surface area contributed by atoms with Gasteiger partial charge in [0.1, 0.15) is 18.0 Å². The summed E-state index contributed by atoms with van der Waals surface area (Å²) >= 11 is 0. The third kappa shape index (κ3) is 4.31. The van der Waals surface area contributed by atoms with E-state index in [0.717, 1.165) is 6.92 Å². The van der Waals surface area contributed by atoms with Gasteiger partial charge in [-0.25, -0.2) is 4.39 Å². The van der Waals surface area contributed by atoms with Crippen molar-refractivity contribution in [3.8, 4) is 0 Å². The molecule has 134 valence electrons. The van der Waals surface area contributed by atoms with E-state index in [9.17, 15) is 22.7 Å². The molecule has 0 saturated heterocycles. The zero-order valence-electron chi connectivity index (χ0n) is 13.3. The summed E-state index contributed by atoms with van der Waals surface area (Å²) in [5.74, 6) is -1.08. The largest absolute Gasteiger partial charge is 0.408 e. The molecule has 0 spiro atoms. The van der Waals surface area contributed by atoms with E-state index in [2.05, 4.69) is 25.6 Å². The number of rotatable bonds is 5. The quantitative estimate of drug-likeness (QED) is 0.709. The molecule has 1 aromatic heterocycles. The van der Waals surface area contributed by atoms with Gasteiger partial charge in [-0.3, -0.25) is 0 Å². The van der Waals surface area contributed by atoms with Gasteiger partial charge in [-0.2, -0.15) is 28.1 Å². The first kappa shape index (κ1) is 18.4. The van der Waals surface area contributed by atoms with Gasteiger partial charge in [-0.1, -0.05) is 0 Å². The first-order valence-corrected chi connectivity index (χ1v) is 7.62. The molecule has 1 aromatic rings. The number of aliphatic hydroxyl groups is 1. The van der Waals surface area contributed by atoms with Gasteiger partial charge < -0.3 is 15.7 Å². The molecule has 0 saturated carbocycles. The number of alkyl halides is 3. The van der Waals surface area contributed by atoms with Gasteiger partial charge in [0.15, 0.2) is 5.82 Å². The van der Waals surface area contributed by atoms with Gasteiger partial charge in [0.25, 0.3) is 0 Å². The summed E-state index contributed by atoms with van der Waals surface area (Å²) in [4.78, 5) is 11.8. The molecule has 0 aliphatic heterocycles. The highest BCUT2D eigenvalue weighted by Crippen LogP contribution is 2.32. The van der Waals surface area contributed by atoms with E-state index in [1.54, 1.807) is 6.92 Å². The molecule has 1 heterocycles. The Balaban J connectivity index is 2.39. The second kappa shape index (κ2) is 7.29. The molecular weight excluding hydrogens is 330 g/mol. The topological polar surface area (TPSA) is 83.0 Å². The lowest BCUT2D eigenvalue weighted by Gasteiger charge is -2.20. The lowest BCUT2D eigenvalue weighted by Crippen LogP contribution is -2.34. The van der Waals surface area contributed by atoms with Crippen LogP contribution in [0.15, 0.2) is 5.83 Å². The van der Waals surface area contributed by atoms with Crippen LogP contribution in [0.3, 0.4) is 0 Å². The lowest BCUT2D eigenvalue weighted by atomic mass is 9.96. The van der Waals surface area contributed by atoms with Crippen molar-refractivity contribution < 1.29 is 22.7 Å². The zero-order valence-corrected chi connectivity index (χ0v) is 13.3. The van der Waals surface area contributed by atoms with Crippen molar-refractivity contribution in [2.45, 2.75) is 51.4 Å². The smallest absolute Gasteiger partial charge is 0.386 e. The molecule has 0 bridgehead atoms. The van der Waals surface area contributed by atoms with Gasteiger partial charge >= 0.3 is 6.18 Å². The number of allylic oxidation sites excluding steroid dienone is 1. The first-order valence-electron chi connectivity index (χ1n) is 7.62. The maximum Gasteiger partial charge on any atom is 0.408 e. The number of aromatic nitrogens is 3. The summed E-state index contributed by atoms with van der Waals surface area (Å²) in [5.41, 5.74) is 0.0954. The minimum atomic E-state index is -4.48. The lowest BCUT2D eigenvalue weighted by molar-refractivity contribution is -0.138. The molecule has 1 unspecified atom stereocenters. The van der Waals surface area contributed by atoms with Crippen molar-refractivity contribution in [3.05, 3.63) is 11.7 Å². The minimum Gasteiger partial charge on any atom is -0.386 e. The molecule has 1 aliphatic rings. The summed E-state index contributed by atoms with van der Waals surface area (Å²) in [6, 6.07) is -1.88. The Morgan fingerprint density at radius 1 is 1.25 bits per heavy atom. The second-order valence-corrected chi connectivity index (χ2v) is 5.48. The fraction of sp³-hybridized carbons (Fsp3) is 0.643. The normalized spacial score (nSPS) is 20.0. The van der Waals surface area contributed by atoms with Gasteiger partial charge in [0.05, 0.1) is 0 Å². The molecule has 2 atom stereocenters. The van der Waals surface area contributed by atoms with Crippen LogP contribution < -0.4 is 10.6 Å². The summed E-state index contributed by atoms with van der Waals surface area (Å²) in [5, 5.41) is 14.5. The minimum absolute atomic E-state index is 0.0414. The number of halogens is 4. The third-order valence-corrected chi connectivity index (χ3v) is 3.56. The highest BCUT2D eigenvalue weighted by atomic mass is 19.4. The maximum atomic E-state index is 14.1. The summed E-state index contributed by atoms with van der Waals surface area (Å²) in [6.07, 6.45) is -4.59. The molecule has 1 aliphatic carbocycles. The molecule has 24 heavy (non-hydrogen) atoms. The maximum absolute atomic E-state index is 14.1. The van der Waals surface area contributed by atoms with Crippen LogP contribution in [-0.4, -0.2) is 44.9 Å². The molecule has 0 aromatic carbocycles. The first-order chi connectivity index (χ1) is 11.2. The summed E-state index contributed by atoms with van der Waals surface area (Å²) in [7, 11) is 0. The Hall–Kier alpha value is -1.97. The number of anilines is 2. The van der Waals surface area contributed by atoms with Crippen LogP contribution in [0.2, 0.25) is 0 Å². The predicted molar refractivity (Wildman–Crippen MR) is 81.0 cm³/mol. The van der Waals surface area contributed by atoms with Crippen LogP contribution in [0.4, 0.5) is 29.5 Å². The SMILES string of the molecule is CCNc1nc(N[C@@H](C)C(F)(F)F)nc(C2=C(F)C(O)CCC2)n1. The van der Waals surface area contributed by atoms with Crippen LogP contribution in [0, 0.1) is 0 Å². The summed E-state index contributed by atoms with van der Waals surface area (Å²) < 4.78 is 52.2. The standard InChI is InChI=1S/C14H19F4N5O/c1-3-19-12-21-11(8-5-4-6-9(24)10(8)15)22-13(23-12)20-7(2)14(16,17)18/h7,9,24H,3-6H2,1-2H3,(H2,19,20,21,22,23)/t7-,9?/m0/s1. The molecule has 0 radical (unpaired) electrons. The molecule has 3 N–H and O–H groups in total. The highest BCUT2D eigenvalue weighted by molar-refractivity contribution is 5.65. The monoisotopic (exact) mass is 349 g/mol. The molecule has 10 heteroatoms. The predicted octanol–water partition coefficient (Wildman–Crippen LogP) is 2.89. The van der Waals surface area contributed by atoms with E-state index in [1.807, 2.05) is 0 Å². The van der Waals surface area contributed by atoms with E-state index in [1.165, 1.54) is 0 Å². The van der Waals surface area contributed by atoms with E-state index in [0.29, 0.717) is 19.4 Å². The van der Waals surface area contributed by atoms with Gasteiger partial charge in [-0.15, -0.1) is 0 Å². The zero-order chi connectivity index (χ0) is 17.9. The van der Waals surface area contributed by atoms with E-state index < -0.39 is 24.1 Å². The average molecular weight is 349 g/mol. The van der Waals surface area contributed by atoms with Crippen molar-refractivity contribution >= 4 is 17.5 Å². The number of nitrogens with one attached hydrogen (secondary N) is 2. The fourth-order valence-electron chi connectivity index (χ4n) is 2.23. The van der Waals surface area contributed by atoms with Crippen LogP contribution in [0.1, 0.15) is 38.9 Å². The number of aliphatic hydroxyl groups excluding tert-OH is 1. The third-order valence-electron chi connectivity index (χ3n) is 3.56. The Morgan fingerprint density at radius 3 is 2.54 bits per heavy atom. The Kier molecular flexibility index (Phi) is 5.58. The number of nitrogens with zero attached hydrogens (tertiary/aromatic N) is 3. The molecule has 0 amide bonds. The fourth-order valence-corrected chi connectivity index (χ4v) is 2.23. The average Bonchev–Trinajstić information content (AvgIpc) is 2.49. The number of hydrogen-bond donors (Lipinski definition) is 3. The highest BCUT2D eigenvalue weighted by Gasteiger charge is 2.36. The van der Waals surface area contributed by atoms with Crippen LogP contribution in [-0.2, 0) is 0 Å². The van der Waals surface area contributed by atoms with Crippen LogP contribution in [0.5, 0.6) is 0 Å². The van der Waals surface area contributed by atoms with E-state index in [-0.39, 0.29) is 29.7 Å². The van der Waals surface area contributed by atoms with Crippen LogP contribution in [0.25, 0.3) is 5.57 Å². The van der Waals surface area contributed by atoms with Crippen molar-refractivity contribution in [2.75, 3.05) is 17.2 Å². The Labute approximate surface area is 136 Å². The molecular formula is C14H19F4N5O. The van der Waals surface area contributed by atoms with Crippen LogP contribution >= 0.6 is 0 Å². The molecule has 2 rings (SSSR count). The summed E-state index contributed by atoms with van der Waals surface area (Å²) in [6.45, 7) is 3.13. The Morgan fingerprint density at radius 2 is 1.92 bits per heavy atom. The van der Waals surface area contributed by atoms with Crippen molar-refractivity contribution in [1.29, 1.82) is 0 Å². The van der Waals surface area contributed by atoms with E-state index >= 15 is 0 Å². The Bertz CT molecular complexity index is 620. The van der Waals surface area contributed by atoms with Gasteiger partial charge in [0, 0.05) is 12.1 Å². The van der Waals surface area contributed by atoms with Gasteiger partial charge in [-0.05, 0) is 33.1 Å². The van der Waals surface area contributed by atoms with Crippen molar-refractivity contribution in [3.63, 3.8) is 0 Å². The van der Waals surface area contributed by atoms with Crippen molar-refractivity contribution in [1.82, 2.24) is 15.0 Å². The number of hydrogen-bond acceptors (Lipinski definition) is 6. The molecule has 6 nitrogen and oxygen atoms in total. The van der Waals surface area contributed by atoms with Crippen molar-refractivity contribution in [2.24, 2.45) is 0 Å². The van der Waals surface area contributed by atoms with Gasteiger partial charge in [0.2, 0.25) is 11.9 Å². The second-order valence-electron chi connectivity index (χ2n) is 5.48. The molecule has 0 fully saturated rings. The van der Waals surface area contributed by atoms with E-state index in [4.69, 9.17) is 0 Å².